The predicted octanol–water partition coefficient (Wildman–Crippen LogP) is 2.64. The Morgan fingerprint density at radius 2 is 1.84 bits per heavy atom. The van der Waals surface area contributed by atoms with Crippen LogP contribution in [0.2, 0.25) is 0 Å². The summed E-state index contributed by atoms with van der Waals surface area (Å²) in [6.07, 6.45) is 9.14. The summed E-state index contributed by atoms with van der Waals surface area (Å²) in [6.45, 7) is 5.70. The molecule has 31 heavy (non-hydrogen) atoms. The molecule has 0 spiro atoms. The van der Waals surface area contributed by atoms with Gasteiger partial charge in [0.2, 0.25) is 5.95 Å². The van der Waals surface area contributed by atoms with Crippen LogP contribution in [0.5, 0.6) is 0 Å². The molecule has 2 N–H and O–H groups in total. The Balaban J connectivity index is 1.22. The molecule has 1 amide bonds. The number of carbonyl (C=O) groups is 1. The monoisotopic (exact) mass is 426 g/mol. The van der Waals surface area contributed by atoms with Crippen LogP contribution >= 0.6 is 0 Å². The lowest BCUT2D eigenvalue weighted by Crippen LogP contribution is -2.61. The summed E-state index contributed by atoms with van der Waals surface area (Å²) in [7, 11) is 0. The Bertz CT molecular complexity index is 862. The number of morpholine rings is 1. The lowest BCUT2D eigenvalue weighted by atomic mass is 9.52. The molecule has 4 bridgehead atoms. The summed E-state index contributed by atoms with van der Waals surface area (Å²) in [5, 5.41) is 14.2. The standard InChI is InChI=1S/C24H34N4O3/c1-13-11-28(12-14(2)31-13)23-25-10-19(21(27-23)16-3-4-16)22(29)26-20-17-5-15-6-18(20)9-24(30,7-15)8-17/h10,13-18,20,30H,3-9,11-12H2,1-2H3,(H,26,29)/t13-,14+,15?,17?,18?,20-,24+. The largest absolute Gasteiger partial charge is 0.390 e. The van der Waals surface area contributed by atoms with Crippen molar-refractivity contribution in [1.29, 1.82) is 0 Å². The van der Waals surface area contributed by atoms with E-state index in [4.69, 9.17) is 9.72 Å². The number of anilines is 1. The van der Waals surface area contributed by atoms with Crippen LogP contribution in [0.15, 0.2) is 6.20 Å². The van der Waals surface area contributed by atoms with Crippen molar-refractivity contribution in [2.45, 2.75) is 88.6 Å². The third-order valence-electron chi connectivity index (χ3n) is 8.26. The van der Waals surface area contributed by atoms with Gasteiger partial charge in [-0.25, -0.2) is 9.97 Å². The molecule has 0 aromatic carbocycles. The molecule has 1 saturated heterocycles. The third-order valence-corrected chi connectivity index (χ3v) is 8.26. The molecule has 7 heteroatoms. The zero-order valence-electron chi connectivity index (χ0n) is 18.6. The molecule has 5 saturated carbocycles. The first kappa shape index (κ1) is 19.9. The van der Waals surface area contributed by atoms with E-state index < -0.39 is 5.60 Å². The SMILES string of the molecule is C[C@@H]1CN(c2ncc(C(=O)N[C@H]3C4CC5CC3C[C@@](O)(C5)C4)c(C3CC3)n2)C[C@H](C)O1. The van der Waals surface area contributed by atoms with Crippen LogP contribution in [-0.2, 0) is 4.74 Å². The molecule has 0 radical (unpaired) electrons. The zero-order valence-corrected chi connectivity index (χ0v) is 18.6. The van der Waals surface area contributed by atoms with Gasteiger partial charge >= 0.3 is 0 Å². The molecule has 2 heterocycles. The van der Waals surface area contributed by atoms with Crippen LogP contribution in [-0.4, -0.2) is 57.9 Å². The van der Waals surface area contributed by atoms with E-state index in [1.807, 2.05) is 0 Å². The molecule has 7 nitrogen and oxygen atoms in total. The average molecular weight is 427 g/mol. The van der Waals surface area contributed by atoms with Gasteiger partial charge in [-0.1, -0.05) is 0 Å². The first-order chi connectivity index (χ1) is 14.9. The molecule has 5 aliphatic carbocycles. The molecule has 6 fully saturated rings. The number of aromatic nitrogens is 2. The summed E-state index contributed by atoms with van der Waals surface area (Å²) in [6, 6.07) is 0.178. The molecular weight excluding hydrogens is 392 g/mol. The van der Waals surface area contributed by atoms with Crippen LogP contribution < -0.4 is 10.2 Å². The van der Waals surface area contributed by atoms with E-state index in [0.29, 0.717) is 29.2 Å². The van der Waals surface area contributed by atoms with Crippen LogP contribution in [0.25, 0.3) is 0 Å². The maximum atomic E-state index is 13.4. The van der Waals surface area contributed by atoms with Gasteiger partial charge in [0.1, 0.15) is 0 Å². The van der Waals surface area contributed by atoms with Crippen molar-refractivity contribution in [3.63, 3.8) is 0 Å². The number of nitrogens with zero attached hydrogens (tertiary/aromatic N) is 3. The molecule has 1 aliphatic heterocycles. The van der Waals surface area contributed by atoms with Crippen LogP contribution in [0.1, 0.15) is 80.8 Å². The number of ether oxygens (including phenoxy) is 1. The van der Waals surface area contributed by atoms with Crippen molar-refractivity contribution in [2.24, 2.45) is 17.8 Å². The summed E-state index contributed by atoms with van der Waals surface area (Å²) >= 11 is 0. The molecule has 1 aromatic heterocycles. The maximum absolute atomic E-state index is 13.4. The molecule has 1 aromatic rings. The second-order valence-electron chi connectivity index (χ2n) is 11.1. The second-order valence-corrected chi connectivity index (χ2v) is 11.1. The third kappa shape index (κ3) is 3.63. The first-order valence-corrected chi connectivity index (χ1v) is 12.2. The zero-order chi connectivity index (χ0) is 21.3. The van der Waals surface area contributed by atoms with Crippen LogP contribution in [0.3, 0.4) is 0 Å². The summed E-state index contributed by atoms with van der Waals surface area (Å²) < 4.78 is 5.85. The lowest BCUT2D eigenvalue weighted by Gasteiger charge is -2.58. The summed E-state index contributed by atoms with van der Waals surface area (Å²) in [5.74, 6) is 2.51. The Hall–Kier alpha value is -1.73. The van der Waals surface area contributed by atoms with E-state index in [-0.39, 0.29) is 24.2 Å². The minimum absolute atomic E-state index is 0.0263. The van der Waals surface area contributed by atoms with Crippen LogP contribution in [0.4, 0.5) is 5.95 Å². The van der Waals surface area contributed by atoms with Crippen molar-refractivity contribution in [3.05, 3.63) is 17.5 Å². The lowest BCUT2D eigenvalue weighted by molar-refractivity contribution is -0.136. The van der Waals surface area contributed by atoms with Crippen LogP contribution in [0, 0.1) is 17.8 Å². The van der Waals surface area contributed by atoms with Gasteiger partial charge in [0, 0.05) is 31.2 Å². The highest BCUT2D eigenvalue weighted by atomic mass is 16.5. The molecule has 7 rings (SSSR count). The Morgan fingerprint density at radius 3 is 2.45 bits per heavy atom. The first-order valence-electron chi connectivity index (χ1n) is 12.2. The number of hydrogen-bond acceptors (Lipinski definition) is 6. The Labute approximate surface area is 184 Å². The number of aliphatic hydroxyl groups is 1. The van der Waals surface area contributed by atoms with E-state index in [9.17, 15) is 9.90 Å². The van der Waals surface area contributed by atoms with Gasteiger partial charge in [-0.05, 0) is 76.5 Å². The van der Waals surface area contributed by atoms with E-state index in [2.05, 4.69) is 29.0 Å². The number of rotatable bonds is 4. The highest BCUT2D eigenvalue weighted by Gasteiger charge is 2.55. The van der Waals surface area contributed by atoms with Crippen molar-refractivity contribution in [1.82, 2.24) is 15.3 Å². The smallest absolute Gasteiger partial charge is 0.254 e. The molecule has 4 atom stereocenters. The van der Waals surface area contributed by atoms with E-state index in [0.717, 1.165) is 69.7 Å². The fourth-order valence-corrected chi connectivity index (χ4v) is 7.17. The van der Waals surface area contributed by atoms with Crippen molar-refractivity contribution >= 4 is 11.9 Å². The highest BCUT2D eigenvalue weighted by molar-refractivity contribution is 5.95. The van der Waals surface area contributed by atoms with Crippen molar-refractivity contribution < 1.29 is 14.6 Å². The van der Waals surface area contributed by atoms with Gasteiger partial charge in [-0.15, -0.1) is 0 Å². The molecule has 168 valence electrons. The normalized spacial score (nSPS) is 41.5. The number of carbonyl (C=O) groups excluding carboxylic acids is 1. The van der Waals surface area contributed by atoms with Crippen molar-refractivity contribution in [3.8, 4) is 0 Å². The average Bonchev–Trinajstić information content (AvgIpc) is 3.53. The van der Waals surface area contributed by atoms with E-state index in [1.54, 1.807) is 6.20 Å². The minimum Gasteiger partial charge on any atom is -0.390 e. The predicted molar refractivity (Wildman–Crippen MR) is 116 cm³/mol. The molecular formula is C24H34N4O3. The second kappa shape index (κ2) is 7.14. The fourth-order valence-electron chi connectivity index (χ4n) is 7.17. The van der Waals surface area contributed by atoms with Gasteiger partial charge in [-0.2, -0.15) is 0 Å². The van der Waals surface area contributed by atoms with Gasteiger partial charge in [0.05, 0.1) is 29.1 Å². The topological polar surface area (TPSA) is 87.6 Å². The van der Waals surface area contributed by atoms with Gasteiger partial charge in [0.25, 0.3) is 5.91 Å². The summed E-state index contributed by atoms with van der Waals surface area (Å²) in [5.41, 5.74) is 1.08. The maximum Gasteiger partial charge on any atom is 0.254 e. The molecule has 2 unspecified atom stereocenters. The van der Waals surface area contributed by atoms with E-state index >= 15 is 0 Å². The van der Waals surface area contributed by atoms with Gasteiger partial charge in [-0.3, -0.25) is 4.79 Å². The minimum atomic E-state index is -0.478. The van der Waals surface area contributed by atoms with Crippen molar-refractivity contribution in [2.75, 3.05) is 18.0 Å². The van der Waals surface area contributed by atoms with Gasteiger partial charge < -0.3 is 20.1 Å². The number of hydrogen-bond donors (Lipinski definition) is 2. The fraction of sp³-hybridized carbons (Fsp3) is 0.792. The Kier molecular flexibility index (Phi) is 4.59. The van der Waals surface area contributed by atoms with E-state index in [1.165, 1.54) is 0 Å². The number of amides is 1. The van der Waals surface area contributed by atoms with Gasteiger partial charge in [0.15, 0.2) is 0 Å². The summed E-state index contributed by atoms with van der Waals surface area (Å²) in [4.78, 5) is 25.1. The Morgan fingerprint density at radius 1 is 1.16 bits per heavy atom. The number of nitrogens with one attached hydrogen (secondary N) is 1. The molecule has 6 aliphatic rings. The quantitative estimate of drug-likeness (QED) is 0.770. The highest BCUT2D eigenvalue weighted by Crippen LogP contribution is 2.55.